The van der Waals surface area contributed by atoms with Crippen molar-refractivity contribution in [3.05, 3.63) is 28.8 Å². The third kappa shape index (κ3) is 3.66. The number of hydrogen-bond donors (Lipinski definition) is 1. The second-order valence-electron chi connectivity index (χ2n) is 4.95. The fraction of sp³-hybridized carbons (Fsp3) is 0.500. The summed E-state index contributed by atoms with van der Waals surface area (Å²) in [6, 6.07) is 3.28. The Morgan fingerprint density at radius 1 is 1.33 bits per heavy atom. The third-order valence-corrected chi connectivity index (χ3v) is 5.13. The fourth-order valence-electron chi connectivity index (χ4n) is 2.07. The van der Waals surface area contributed by atoms with Crippen molar-refractivity contribution in [2.75, 3.05) is 11.1 Å². The number of amidine groups is 1. The number of benzene rings is 1. The lowest BCUT2D eigenvalue weighted by atomic mass is 9.97. The molecule has 0 amide bonds. The summed E-state index contributed by atoms with van der Waals surface area (Å²) in [5, 5.41) is 3.77. The highest BCUT2D eigenvalue weighted by atomic mass is 35.5. The monoisotopic (exact) mass is 336 g/mol. The molecule has 1 heterocycles. The summed E-state index contributed by atoms with van der Waals surface area (Å²) >= 11 is 7.50. The van der Waals surface area contributed by atoms with E-state index in [2.05, 4.69) is 24.2 Å². The van der Waals surface area contributed by atoms with Crippen LogP contribution in [0.15, 0.2) is 23.2 Å². The van der Waals surface area contributed by atoms with E-state index in [1.807, 2.05) is 0 Å². The van der Waals surface area contributed by atoms with Gasteiger partial charge in [-0.15, -0.1) is 0 Å². The van der Waals surface area contributed by atoms with E-state index in [9.17, 15) is 13.2 Å². The van der Waals surface area contributed by atoms with Gasteiger partial charge in [0.15, 0.2) is 5.17 Å². The lowest BCUT2D eigenvalue weighted by Crippen LogP contribution is -2.24. The predicted octanol–water partition coefficient (Wildman–Crippen LogP) is 5.43. The van der Waals surface area contributed by atoms with Crippen molar-refractivity contribution in [2.45, 2.75) is 38.4 Å². The van der Waals surface area contributed by atoms with Gasteiger partial charge < -0.3 is 5.32 Å². The Kier molecular flexibility index (Phi) is 4.78. The Morgan fingerprint density at radius 2 is 2.00 bits per heavy atom. The summed E-state index contributed by atoms with van der Waals surface area (Å²) in [5.41, 5.74) is -0.389. The Labute approximate surface area is 131 Å². The van der Waals surface area contributed by atoms with Gasteiger partial charge in [-0.05, 0) is 31.0 Å². The first-order valence-corrected chi connectivity index (χ1v) is 8.02. The van der Waals surface area contributed by atoms with Gasteiger partial charge in [-0.2, -0.15) is 13.2 Å². The highest BCUT2D eigenvalue weighted by molar-refractivity contribution is 8.14. The first kappa shape index (κ1) is 16.5. The van der Waals surface area contributed by atoms with Crippen LogP contribution in [-0.4, -0.2) is 16.5 Å². The Bertz CT molecular complexity index is 554. The zero-order valence-corrected chi connectivity index (χ0v) is 13.3. The van der Waals surface area contributed by atoms with E-state index in [4.69, 9.17) is 11.6 Å². The largest absolute Gasteiger partial charge is 0.416 e. The number of alkyl halides is 3. The van der Waals surface area contributed by atoms with Gasteiger partial charge in [0.1, 0.15) is 0 Å². The van der Waals surface area contributed by atoms with Gasteiger partial charge in [0.25, 0.3) is 0 Å². The SMILES string of the molecule is CCC1(CC)CSC(Nc2ccc(C(F)(F)F)cc2Cl)=N1. The van der Waals surface area contributed by atoms with E-state index >= 15 is 0 Å². The number of anilines is 1. The number of halogens is 4. The molecule has 1 aromatic rings. The number of nitrogens with one attached hydrogen (secondary N) is 1. The number of nitrogens with zero attached hydrogens (tertiary/aromatic N) is 1. The molecule has 0 saturated heterocycles. The Balaban J connectivity index is 2.18. The lowest BCUT2D eigenvalue weighted by molar-refractivity contribution is -0.137. The number of hydrogen-bond acceptors (Lipinski definition) is 3. The molecule has 0 aliphatic carbocycles. The van der Waals surface area contributed by atoms with Crippen LogP contribution in [0.25, 0.3) is 0 Å². The van der Waals surface area contributed by atoms with Crippen LogP contribution in [0.1, 0.15) is 32.3 Å². The van der Waals surface area contributed by atoms with Crippen LogP contribution < -0.4 is 5.32 Å². The van der Waals surface area contributed by atoms with Crippen molar-refractivity contribution in [1.29, 1.82) is 0 Å². The van der Waals surface area contributed by atoms with Gasteiger partial charge in [0.2, 0.25) is 0 Å². The van der Waals surface area contributed by atoms with Crippen LogP contribution in [0.4, 0.5) is 18.9 Å². The number of thioether (sulfide) groups is 1. The van der Waals surface area contributed by atoms with Crippen LogP contribution in [0.2, 0.25) is 5.02 Å². The zero-order chi connectivity index (χ0) is 15.7. The van der Waals surface area contributed by atoms with Gasteiger partial charge >= 0.3 is 6.18 Å². The second-order valence-corrected chi connectivity index (χ2v) is 6.33. The van der Waals surface area contributed by atoms with Crippen molar-refractivity contribution in [3.63, 3.8) is 0 Å². The lowest BCUT2D eigenvalue weighted by Gasteiger charge is -2.20. The highest BCUT2D eigenvalue weighted by Gasteiger charge is 2.33. The van der Waals surface area contributed by atoms with Gasteiger partial charge in [-0.3, -0.25) is 4.99 Å². The molecule has 2 rings (SSSR count). The first-order valence-electron chi connectivity index (χ1n) is 6.66. The van der Waals surface area contributed by atoms with Crippen LogP contribution >= 0.6 is 23.4 Å². The summed E-state index contributed by atoms with van der Waals surface area (Å²) in [6.45, 7) is 4.17. The molecule has 0 fully saturated rings. The van der Waals surface area contributed by atoms with E-state index < -0.39 is 11.7 Å². The van der Waals surface area contributed by atoms with Crippen LogP contribution in [-0.2, 0) is 6.18 Å². The van der Waals surface area contributed by atoms with Gasteiger partial charge in [-0.25, -0.2) is 0 Å². The van der Waals surface area contributed by atoms with E-state index in [1.165, 1.54) is 6.07 Å². The summed E-state index contributed by atoms with van der Waals surface area (Å²) in [6.07, 6.45) is -2.52. The minimum absolute atomic E-state index is 0.0404. The van der Waals surface area contributed by atoms with Crippen molar-refractivity contribution >= 4 is 34.2 Å². The molecule has 0 bridgehead atoms. The maximum Gasteiger partial charge on any atom is 0.416 e. The molecule has 21 heavy (non-hydrogen) atoms. The van der Waals surface area contributed by atoms with Gasteiger partial charge in [0, 0.05) is 5.75 Å². The quantitative estimate of drug-likeness (QED) is 0.795. The molecule has 1 aliphatic rings. The molecule has 1 aliphatic heterocycles. The highest BCUT2D eigenvalue weighted by Crippen LogP contribution is 2.36. The fourth-order valence-corrected chi connectivity index (χ4v) is 3.61. The molecule has 1 aromatic carbocycles. The molecule has 0 saturated carbocycles. The molecule has 7 heteroatoms. The summed E-state index contributed by atoms with van der Waals surface area (Å²) in [7, 11) is 0. The van der Waals surface area contributed by atoms with Crippen molar-refractivity contribution < 1.29 is 13.2 Å². The molecular weight excluding hydrogens is 321 g/mol. The molecule has 0 radical (unpaired) electrons. The van der Waals surface area contributed by atoms with E-state index in [-0.39, 0.29) is 10.6 Å². The molecule has 116 valence electrons. The maximum atomic E-state index is 12.6. The average Bonchev–Trinajstić information content (AvgIpc) is 2.84. The predicted molar refractivity (Wildman–Crippen MR) is 83.3 cm³/mol. The van der Waals surface area contributed by atoms with Gasteiger partial charge in [-0.1, -0.05) is 37.2 Å². The molecule has 0 atom stereocenters. The topological polar surface area (TPSA) is 24.4 Å². The molecular formula is C14H16ClF3N2S. The van der Waals surface area contributed by atoms with Crippen molar-refractivity contribution in [1.82, 2.24) is 0 Å². The Hall–Kier alpha value is -0.880. The average molecular weight is 337 g/mol. The zero-order valence-electron chi connectivity index (χ0n) is 11.7. The normalized spacial score (nSPS) is 17.7. The Morgan fingerprint density at radius 3 is 2.48 bits per heavy atom. The molecule has 0 unspecified atom stereocenters. The summed E-state index contributed by atoms with van der Waals surface area (Å²) in [4.78, 5) is 4.65. The van der Waals surface area contributed by atoms with Crippen molar-refractivity contribution in [2.24, 2.45) is 4.99 Å². The third-order valence-electron chi connectivity index (χ3n) is 3.67. The van der Waals surface area contributed by atoms with Crippen molar-refractivity contribution in [3.8, 4) is 0 Å². The standard InChI is InChI=1S/C14H16ClF3N2S/c1-3-13(4-2)8-21-12(20-13)19-11-6-5-9(7-10(11)15)14(16,17)18/h5-7H,3-4,8H2,1-2H3,(H,19,20). The first-order chi connectivity index (χ1) is 9.79. The second kappa shape index (κ2) is 6.08. The summed E-state index contributed by atoms with van der Waals surface area (Å²) in [5.74, 6) is 0.876. The molecule has 0 aromatic heterocycles. The minimum atomic E-state index is -4.39. The summed E-state index contributed by atoms with van der Waals surface area (Å²) < 4.78 is 37.8. The molecule has 2 nitrogen and oxygen atoms in total. The maximum absolute atomic E-state index is 12.6. The molecule has 0 spiro atoms. The minimum Gasteiger partial charge on any atom is -0.334 e. The molecule has 1 N–H and O–H groups in total. The van der Waals surface area contributed by atoms with Crippen LogP contribution in [0, 0.1) is 0 Å². The van der Waals surface area contributed by atoms with E-state index in [1.54, 1.807) is 11.8 Å². The van der Waals surface area contributed by atoms with Crippen LogP contribution in [0.3, 0.4) is 0 Å². The van der Waals surface area contributed by atoms with E-state index in [0.29, 0.717) is 10.9 Å². The smallest absolute Gasteiger partial charge is 0.334 e. The van der Waals surface area contributed by atoms with Gasteiger partial charge in [0.05, 0.1) is 21.8 Å². The number of aliphatic imine (C=N–C) groups is 1. The van der Waals surface area contributed by atoms with E-state index in [0.717, 1.165) is 30.7 Å². The van der Waals surface area contributed by atoms with Crippen LogP contribution in [0.5, 0.6) is 0 Å². The number of rotatable bonds is 3.